The molecule has 0 saturated carbocycles. The van der Waals surface area contributed by atoms with Crippen LogP contribution in [0.3, 0.4) is 0 Å². The summed E-state index contributed by atoms with van der Waals surface area (Å²) in [7, 11) is 0. The molecule has 7 heteroatoms. The Morgan fingerprint density at radius 2 is 1.79 bits per heavy atom. The molecule has 2 aliphatic rings. The third kappa shape index (κ3) is 4.79. The molecule has 0 unspecified atom stereocenters. The van der Waals surface area contributed by atoms with E-state index in [0.29, 0.717) is 25.3 Å². The van der Waals surface area contributed by atoms with Gasteiger partial charge in [-0.1, -0.05) is 6.07 Å². The number of hydrogen-bond donors (Lipinski definition) is 1. The number of amides is 1. The van der Waals surface area contributed by atoms with Crippen molar-refractivity contribution in [1.82, 2.24) is 9.80 Å². The Bertz CT molecular complexity index is 899. The Labute approximate surface area is 170 Å². The van der Waals surface area contributed by atoms with E-state index >= 15 is 0 Å². The zero-order valence-corrected chi connectivity index (χ0v) is 16.3. The minimum atomic E-state index is 0.175. The molecule has 2 aromatic carbocycles. The van der Waals surface area contributed by atoms with Gasteiger partial charge in [0.25, 0.3) is 0 Å². The number of fused-ring (bicyclic) bond motifs is 1. The van der Waals surface area contributed by atoms with Crippen LogP contribution < -0.4 is 14.8 Å². The van der Waals surface area contributed by atoms with Crippen molar-refractivity contribution in [3.8, 4) is 17.6 Å². The zero-order chi connectivity index (χ0) is 20.1. The number of nitriles is 1. The normalized spacial score (nSPS) is 15.8. The van der Waals surface area contributed by atoms with Gasteiger partial charge in [0.15, 0.2) is 11.5 Å². The number of carbonyl (C=O) groups excluding carboxylic acids is 1. The standard InChI is InChI=1S/C22H24N4O3/c23-14-17-1-4-19(5-2-17)24-8-7-22(27)26-11-9-25(10-12-26)15-18-3-6-20-21(13-18)29-16-28-20/h1-6,13,24H,7-12,15-16H2. The van der Waals surface area contributed by atoms with Gasteiger partial charge in [0.2, 0.25) is 12.7 Å². The molecule has 7 nitrogen and oxygen atoms in total. The van der Waals surface area contributed by atoms with Crippen LogP contribution in [0.25, 0.3) is 0 Å². The lowest BCUT2D eigenvalue weighted by molar-refractivity contribution is -0.132. The molecular weight excluding hydrogens is 368 g/mol. The molecule has 1 N–H and O–H groups in total. The maximum atomic E-state index is 12.5. The molecule has 150 valence electrons. The number of rotatable bonds is 6. The fourth-order valence-electron chi connectivity index (χ4n) is 3.59. The van der Waals surface area contributed by atoms with Crippen molar-refractivity contribution in [2.75, 3.05) is 44.8 Å². The van der Waals surface area contributed by atoms with Crippen LogP contribution in [-0.4, -0.2) is 55.2 Å². The monoisotopic (exact) mass is 392 g/mol. The van der Waals surface area contributed by atoms with E-state index in [4.69, 9.17) is 14.7 Å². The summed E-state index contributed by atoms with van der Waals surface area (Å²) >= 11 is 0. The van der Waals surface area contributed by atoms with Crippen molar-refractivity contribution >= 4 is 11.6 Å². The van der Waals surface area contributed by atoms with E-state index in [2.05, 4.69) is 22.4 Å². The topological polar surface area (TPSA) is 77.8 Å². The lowest BCUT2D eigenvalue weighted by Gasteiger charge is -2.35. The van der Waals surface area contributed by atoms with Crippen LogP contribution in [-0.2, 0) is 11.3 Å². The first kappa shape index (κ1) is 19.1. The van der Waals surface area contributed by atoms with Crippen LogP contribution in [0, 0.1) is 11.3 Å². The largest absolute Gasteiger partial charge is 0.454 e. The van der Waals surface area contributed by atoms with Gasteiger partial charge in [-0.2, -0.15) is 5.26 Å². The second kappa shape index (κ2) is 8.84. The number of nitrogens with zero attached hydrogens (tertiary/aromatic N) is 3. The molecule has 2 aliphatic heterocycles. The summed E-state index contributed by atoms with van der Waals surface area (Å²) < 4.78 is 10.8. The van der Waals surface area contributed by atoms with E-state index in [0.717, 1.165) is 49.9 Å². The highest BCUT2D eigenvalue weighted by Crippen LogP contribution is 2.32. The summed E-state index contributed by atoms with van der Waals surface area (Å²) in [6, 6.07) is 15.4. The van der Waals surface area contributed by atoms with Crippen LogP contribution in [0.5, 0.6) is 11.5 Å². The Morgan fingerprint density at radius 3 is 2.55 bits per heavy atom. The van der Waals surface area contributed by atoms with Gasteiger partial charge in [-0.3, -0.25) is 9.69 Å². The second-order valence-corrected chi connectivity index (χ2v) is 7.21. The summed E-state index contributed by atoms with van der Waals surface area (Å²) in [4.78, 5) is 16.8. The SMILES string of the molecule is N#Cc1ccc(NCCC(=O)N2CCN(Cc3ccc4c(c3)OCO4)CC2)cc1. The average Bonchev–Trinajstić information content (AvgIpc) is 3.22. The van der Waals surface area contributed by atoms with Crippen LogP contribution in [0.2, 0.25) is 0 Å². The van der Waals surface area contributed by atoms with Gasteiger partial charge in [-0.15, -0.1) is 0 Å². The third-order valence-electron chi connectivity index (χ3n) is 5.25. The molecule has 0 bridgehead atoms. The van der Waals surface area contributed by atoms with Crippen molar-refractivity contribution in [2.45, 2.75) is 13.0 Å². The number of hydrogen-bond acceptors (Lipinski definition) is 6. The molecule has 0 radical (unpaired) electrons. The van der Waals surface area contributed by atoms with Gasteiger partial charge >= 0.3 is 0 Å². The fraction of sp³-hybridized carbons (Fsp3) is 0.364. The minimum absolute atomic E-state index is 0.175. The number of piperazine rings is 1. The first-order chi connectivity index (χ1) is 14.2. The molecule has 0 aromatic heterocycles. The van der Waals surface area contributed by atoms with Crippen molar-refractivity contribution in [3.05, 3.63) is 53.6 Å². The van der Waals surface area contributed by atoms with E-state index in [-0.39, 0.29) is 5.91 Å². The minimum Gasteiger partial charge on any atom is -0.454 e. The van der Waals surface area contributed by atoms with E-state index in [1.165, 1.54) is 5.56 Å². The first-order valence-electron chi connectivity index (χ1n) is 9.84. The number of ether oxygens (including phenoxy) is 2. The fourth-order valence-corrected chi connectivity index (χ4v) is 3.59. The smallest absolute Gasteiger partial charge is 0.231 e. The first-order valence-corrected chi connectivity index (χ1v) is 9.84. The number of carbonyl (C=O) groups is 1. The number of nitrogens with one attached hydrogen (secondary N) is 1. The van der Waals surface area contributed by atoms with Crippen LogP contribution in [0.15, 0.2) is 42.5 Å². The highest BCUT2D eigenvalue weighted by molar-refractivity contribution is 5.76. The molecule has 1 fully saturated rings. The highest BCUT2D eigenvalue weighted by atomic mass is 16.7. The van der Waals surface area contributed by atoms with Crippen LogP contribution >= 0.6 is 0 Å². The third-order valence-corrected chi connectivity index (χ3v) is 5.25. The molecule has 1 amide bonds. The maximum absolute atomic E-state index is 12.5. The molecule has 2 aromatic rings. The lowest BCUT2D eigenvalue weighted by Crippen LogP contribution is -2.48. The molecule has 29 heavy (non-hydrogen) atoms. The van der Waals surface area contributed by atoms with Crippen LogP contribution in [0.4, 0.5) is 5.69 Å². The second-order valence-electron chi connectivity index (χ2n) is 7.21. The van der Waals surface area contributed by atoms with E-state index in [1.54, 1.807) is 12.1 Å². The van der Waals surface area contributed by atoms with Gasteiger partial charge < -0.3 is 19.7 Å². The molecular formula is C22H24N4O3. The molecule has 1 saturated heterocycles. The summed E-state index contributed by atoms with van der Waals surface area (Å²) in [6.45, 7) is 4.95. The zero-order valence-electron chi connectivity index (χ0n) is 16.3. The lowest BCUT2D eigenvalue weighted by atomic mass is 10.1. The van der Waals surface area contributed by atoms with Gasteiger partial charge in [-0.05, 0) is 42.0 Å². The maximum Gasteiger partial charge on any atom is 0.231 e. The molecule has 0 spiro atoms. The van der Waals surface area contributed by atoms with Gasteiger partial charge in [0, 0.05) is 51.4 Å². The highest BCUT2D eigenvalue weighted by Gasteiger charge is 2.21. The van der Waals surface area contributed by atoms with E-state index in [9.17, 15) is 4.79 Å². The predicted octanol–water partition coefficient (Wildman–Crippen LogP) is 2.43. The predicted molar refractivity (Wildman–Crippen MR) is 109 cm³/mol. The molecule has 4 rings (SSSR count). The number of benzene rings is 2. The summed E-state index contributed by atoms with van der Waals surface area (Å²) in [5.74, 6) is 1.79. The Kier molecular flexibility index (Phi) is 5.82. The van der Waals surface area contributed by atoms with Crippen molar-refractivity contribution in [2.24, 2.45) is 0 Å². The summed E-state index contributed by atoms with van der Waals surface area (Å²) in [5, 5.41) is 12.1. The van der Waals surface area contributed by atoms with Gasteiger partial charge in [0.05, 0.1) is 11.6 Å². The van der Waals surface area contributed by atoms with Crippen LogP contribution in [0.1, 0.15) is 17.5 Å². The molecule has 2 heterocycles. The average molecular weight is 392 g/mol. The van der Waals surface area contributed by atoms with E-state index in [1.807, 2.05) is 29.2 Å². The Hall–Kier alpha value is -3.24. The summed E-state index contributed by atoms with van der Waals surface area (Å²) in [6.07, 6.45) is 0.460. The summed E-state index contributed by atoms with van der Waals surface area (Å²) in [5.41, 5.74) is 2.75. The molecule has 0 aliphatic carbocycles. The van der Waals surface area contributed by atoms with Gasteiger partial charge in [0.1, 0.15) is 0 Å². The Morgan fingerprint density at radius 1 is 1.03 bits per heavy atom. The Balaban J connectivity index is 1.19. The van der Waals surface area contributed by atoms with Gasteiger partial charge in [-0.25, -0.2) is 0 Å². The number of anilines is 1. The van der Waals surface area contributed by atoms with Crippen molar-refractivity contribution < 1.29 is 14.3 Å². The van der Waals surface area contributed by atoms with Crippen molar-refractivity contribution in [3.63, 3.8) is 0 Å². The van der Waals surface area contributed by atoms with Crippen molar-refractivity contribution in [1.29, 1.82) is 5.26 Å². The molecule has 0 atom stereocenters. The quantitative estimate of drug-likeness (QED) is 0.814. The van der Waals surface area contributed by atoms with E-state index < -0.39 is 0 Å².